The highest BCUT2D eigenvalue weighted by molar-refractivity contribution is 7.99. The van der Waals surface area contributed by atoms with Crippen LogP contribution < -0.4 is 10.1 Å². The van der Waals surface area contributed by atoms with Gasteiger partial charge in [-0.1, -0.05) is 13.0 Å². The molecular weight excluding hydrogens is 282 g/mol. The number of ether oxygens (including phenoxy) is 2. The molecule has 0 bridgehead atoms. The van der Waals surface area contributed by atoms with E-state index in [0.29, 0.717) is 17.9 Å². The van der Waals surface area contributed by atoms with E-state index in [1.54, 1.807) is 0 Å². The second-order valence-corrected chi connectivity index (χ2v) is 6.74. The molecule has 0 aromatic heterocycles. The molecule has 1 atom stereocenters. The third-order valence-electron chi connectivity index (χ3n) is 3.67. The Morgan fingerprint density at radius 2 is 2.19 bits per heavy atom. The van der Waals surface area contributed by atoms with Crippen LogP contribution in [0.25, 0.3) is 0 Å². The van der Waals surface area contributed by atoms with E-state index in [9.17, 15) is 0 Å². The zero-order chi connectivity index (χ0) is 15.1. The molecule has 1 unspecified atom stereocenters. The second kappa shape index (κ2) is 8.66. The van der Waals surface area contributed by atoms with Gasteiger partial charge in [-0.25, -0.2) is 0 Å². The first kappa shape index (κ1) is 16.7. The molecule has 0 aliphatic carbocycles. The van der Waals surface area contributed by atoms with Crippen LogP contribution in [0.2, 0.25) is 0 Å². The topological polar surface area (TPSA) is 30.5 Å². The summed E-state index contributed by atoms with van der Waals surface area (Å²) in [6.45, 7) is 10.0. The smallest absolute Gasteiger partial charge is 0.123 e. The maximum absolute atomic E-state index is 5.77. The van der Waals surface area contributed by atoms with E-state index in [1.165, 1.54) is 11.1 Å². The molecule has 0 spiro atoms. The molecule has 1 aliphatic heterocycles. The Hall–Kier alpha value is -0.710. The summed E-state index contributed by atoms with van der Waals surface area (Å²) in [6.07, 6.45) is 1.16. The molecule has 1 aromatic rings. The van der Waals surface area contributed by atoms with Crippen LogP contribution >= 0.6 is 11.8 Å². The predicted molar refractivity (Wildman–Crippen MR) is 90.2 cm³/mol. The first-order chi connectivity index (χ1) is 10.2. The summed E-state index contributed by atoms with van der Waals surface area (Å²) in [6, 6.07) is 6.98. The van der Waals surface area contributed by atoms with E-state index in [1.807, 2.05) is 18.7 Å². The van der Waals surface area contributed by atoms with E-state index >= 15 is 0 Å². The van der Waals surface area contributed by atoms with Gasteiger partial charge in [0.2, 0.25) is 0 Å². The maximum Gasteiger partial charge on any atom is 0.123 e. The summed E-state index contributed by atoms with van der Waals surface area (Å²) < 4.78 is 11.0. The van der Waals surface area contributed by atoms with Crippen LogP contribution in [-0.4, -0.2) is 31.6 Å². The van der Waals surface area contributed by atoms with Gasteiger partial charge in [-0.2, -0.15) is 0 Å². The number of rotatable bonds is 9. The number of hydrogen-bond donors (Lipinski definition) is 1. The number of thioether (sulfide) groups is 1. The molecule has 1 heterocycles. The molecule has 4 heteroatoms. The molecule has 1 N–H and O–H groups in total. The fourth-order valence-electron chi connectivity index (χ4n) is 2.27. The molecule has 1 saturated heterocycles. The Labute approximate surface area is 132 Å². The van der Waals surface area contributed by atoms with Crippen molar-refractivity contribution in [1.82, 2.24) is 5.32 Å². The van der Waals surface area contributed by atoms with Crippen molar-refractivity contribution in [3.63, 3.8) is 0 Å². The van der Waals surface area contributed by atoms with Gasteiger partial charge in [0.15, 0.2) is 0 Å². The molecular formula is C17H27NO2S. The van der Waals surface area contributed by atoms with Gasteiger partial charge in [0.25, 0.3) is 0 Å². The van der Waals surface area contributed by atoms with Gasteiger partial charge in [-0.05, 0) is 44.5 Å². The lowest BCUT2D eigenvalue weighted by Crippen LogP contribution is -2.30. The minimum atomic E-state index is 0.386. The second-order valence-electron chi connectivity index (χ2n) is 5.45. The average Bonchev–Trinajstić information content (AvgIpc) is 2.44. The summed E-state index contributed by atoms with van der Waals surface area (Å²) in [5.41, 5.74) is 2.64. The molecule has 0 saturated carbocycles. The number of nitrogens with one attached hydrogen (secondary N) is 1. The average molecular weight is 309 g/mol. The third-order valence-corrected chi connectivity index (χ3v) is 4.89. The van der Waals surface area contributed by atoms with Crippen molar-refractivity contribution in [1.29, 1.82) is 0 Å². The Balaban J connectivity index is 2.04. The maximum atomic E-state index is 5.77. The van der Waals surface area contributed by atoms with Crippen LogP contribution in [0.4, 0.5) is 0 Å². The van der Waals surface area contributed by atoms with Crippen molar-refractivity contribution in [2.24, 2.45) is 0 Å². The normalized spacial score (nSPS) is 16.5. The Morgan fingerprint density at radius 3 is 2.81 bits per heavy atom. The lowest BCUT2D eigenvalue weighted by molar-refractivity contribution is 0.0455. The summed E-state index contributed by atoms with van der Waals surface area (Å²) in [4.78, 5) is 0. The number of benzene rings is 1. The molecule has 0 amide bonds. The van der Waals surface area contributed by atoms with Crippen LogP contribution in [0.15, 0.2) is 18.2 Å². The largest absolute Gasteiger partial charge is 0.494 e. The van der Waals surface area contributed by atoms with Crippen molar-refractivity contribution < 1.29 is 9.47 Å². The van der Waals surface area contributed by atoms with Gasteiger partial charge in [-0.15, -0.1) is 11.8 Å². The standard InChI is InChI=1S/C17H27NO2S/c1-4-8-18-13(3)14-6-7-17(20-5-2)15(9-14)12-21-16-10-19-11-16/h6-7,9,13,16,18H,4-5,8,10-12H2,1-3H3. The van der Waals surface area contributed by atoms with E-state index in [2.05, 4.69) is 37.4 Å². The van der Waals surface area contributed by atoms with Gasteiger partial charge in [0.05, 0.1) is 25.1 Å². The molecule has 1 aliphatic rings. The van der Waals surface area contributed by atoms with Gasteiger partial charge >= 0.3 is 0 Å². The van der Waals surface area contributed by atoms with Crippen LogP contribution in [0.3, 0.4) is 0 Å². The van der Waals surface area contributed by atoms with Crippen LogP contribution in [0, 0.1) is 0 Å². The zero-order valence-electron chi connectivity index (χ0n) is 13.4. The van der Waals surface area contributed by atoms with E-state index in [-0.39, 0.29) is 0 Å². The minimum Gasteiger partial charge on any atom is -0.494 e. The van der Waals surface area contributed by atoms with Crippen molar-refractivity contribution >= 4 is 11.8 Å². The van der Waals surface area contributed by atoms with Crippen molar-refractivity contribution in [3.8, 4) is 5.75 Å². The first-order valence-corrected chi connectivity index (χ1v) is 8.97. The fraction of sp³-hybridized carbons (Fsp3) is 0.647. The monoisotopic (exact) mass is 309 g/mol. The summed E-state index contributed by atoms with van der Waals surface area (Å²) in [7, 11) is 0. The van der Waals surface area contributed by atoms with Crippen molar-refractivity contribution in [2.45, 2.75) is 44.2 Å². The molecule has 1 fully saturated rings. The van der Waals surface area contributed by atoms with Crippen LogP contribution in [-0.2, 0) is 10.5 Å². The highest BCUT2D eigenvalue weighted by atomic mass is 32.2. The van der Waals surface area contributed by atoms with Crippen LogP contribution in [0.1, 0.15) is 44.4 Å². The predicted octanol–water partition coefficient (Wildman–Crippen LogP) is 3.78. The molecule has 118 valence electrons. The lowest BCUT2D eigenvalue weighted by atomic mass is 10.0. The molecule has 21 heavy (non-hydrogen) atoms. The molecule has 3 nitrogen and oxygen atoms in total. The fourth-order valence-corrected chi connectivity index (χ4v) is 3.30. The highest BCUT2D eigenvalue weighted by Gasteiger charge is 2.19. The van der Waals surface area contributed by atoms with E-state index in [4.69, 9.17) is 9.47 Å². The van der Waals surface area contributed by atoms with Crippen LogP contribution in [0.5, 0.6) is 5.75 Å². The first-order valence-electron chi connectivity index (χ1n) is 7.93. The van der Waals surface area contributed by atoms with Crippen molar-refractivity contribution in [2.75, 3.05) is 26.4 Å². The Morgan fingerprint density at radius 1 is 1.38 bits per heavy atom. The third kappa shape index (κ3) is 4.90. The molecule has 1 aromatic carbocycles. The molecule has 0 radical (unpaired) electrons. The Kier molecular flexibility index (Phi) is 6.87. The van der Waals surface area contributed by atoms with Gasteiger partial charge in [-0.3, -0.25) is 0 Å². The minimum absolute atomic E-state index is 0.386. The summed E-state index contributed by atoms with van der Waals surface area (Å²) in [5, 5.41) is 4.20. The van der Waals surface area contributed by atoms with E-state index < -0.39 is 0 Å². The SMILES string of the molecule is CCCNC(C)c1ccc(OCC)c(CSC2COC2)c1. The highest BCUT2D eigenvalue weighted by Crippen LogP contribution is 2.30. The zero-order valence-corrected chi connectivity index (χ0v) is 14.2. The summed E-state index contributed by atoms with van der Waals surface area (Å²) >= 11 is 1.97. The van der Waals surface area contributed by atoms with E-state index in [0.717, 1.165) is 37.7 Å². The van der Waals surface area contributed by atoms with Crippen molar-refractivity contribution in [3.05, 3.63) is 29.3 Å². The number of hydrogen-bond acceptors (Lipinski definition) is 4. The van der Waals surface area contributed by atoms with Gasteiger partial charge < -0.3 is 14.8 Å². The van der Waals surface area contributed by atoms with Gasteiger partial charge in [0, 0.05) is 17.4 Å². The molecule has 2 rings (SSSR count). The quantitative estimate of drug-likeness (QED) is 0.752. The summed E-state index contributed by atoms with van der Waals surface area (Å²) in [5.74, 6) is 2.02. The lowest BCUT2D eigenvalue weighted by Gasteiger charge is -2.25. The van der Waals surface area contributed by atoms with Gasteiger partial charge in [0.1, 0.15) is 5.75 Å². The Bertz CT molecular complexity index is 435.